The smallest absolute Gasteiger partial charge is 0.241 e. The van der Waals surface area contributed by atoms with Gasteiger partial charge in [-0.05, 0) is 57.0 Å². The number of likely N-dealkylation sites (tertiary alicyclic amines) is 2. The number of aryl methyl sites for hydroxylation is 2. The third-order valence-corrected chi connectivity index (χ3v) is 7.25. The molecule has 2 fully saturated rings. The van der Waals surface area contributed by atoms with Crippen molar-refractivity contribution in [3.63, 3.8) is 0 Å². The Morgan fingerprint density at radius 2 is 1.82 bits per heavy atom. The number of benzene rings is 1. The van der Waals surface area contributed by atoms with Gasteiger partial charge >= 0.3 is 0 Å². The molecule has 0 aromatic heterocycles. The van der Waals surface area contributed by atoms with Gasteiger partial charge in [-0.2, -0.15) is 0 Å². The van der Waals surface area contributed by atoms with Crippen LogP contribution in [0.1, 0.15) is 24.0 Å². The van der Waals surface area contributed by atoms with E-state index in [-0.39, 0.29) is 35.2 Å². The van der Waals surface area contributed by atoms with Gasteiger partial charge in [0.25, 0.3) is 0 Å². The highest BCUT2D eigenvalue weighted by Crippen LogP contribution is 2.23. The minimum Gasteiger partial charge on any atom is -0.369 e. The van der Waals surface area contributed by atoms with Gasteiger partial charge in [0.2, 0.25) is 21.8 Å². The molecule has 3 N–H and O–H groups in total. The van der Waals surface area contributed by atoms with Gasteiger partial charge in [-0.3, -0.25) is 14.5 Å². The molecule has 2 heterocycles. The Kier molecular flexibility index (Phi) is 6.07. The molecule has 1 aromatic carbocycles. The summed E-state index contributed by atoms with van der Waals surface area (Å²) in [6.07, 6.45) is 1.52. The van der Waals surface area contributed by atoms with E-state index in [0.29, 0.717) is 18.7 Å². The summed E-state index contributed by atoms with van der Waals surface area (Å²) in [6, 6.07) is 5.49. The molecule has 0 bridgehead atoms. The topological polar surface area (TPSA) is 113 Å². The summed E-state index contributed by atoms with van der Waals surface area (Å²) < 4.78 is 27.4. The largest absolute Gasteiger partial charge is 0.369 e. The Labute approximate surface area is 166 Å². The van der Waals surface area contributed by atoms with Crippen LogP contribution in [0.2, 0.25) is 0 Å². The van der Waals surface area contributed by atoms with Gasteiger partial charge in [-0.15, -0.1) is 0 Å². The number of primary amides is 1. The molecule has 8 nitrogen and oxygen atoms in total. The Morgan fingerprint density at radius 3 is 2.43 bits per heavy atom. The standard InChI is InChI=1S/C19H28N4O4S/c1-13-3-4-14(2)17(9-13)28(26,27)21-10-18(24)23-11-16(12-23)22-7-5-15(6-8-22)19(20)25/h3-4,9,15-16,21H,5-8,10-12H2,1-2H3,(H2,20,25). The normalized spacial score (nSPS) is 19.4. The maximum absolute atomic E-state index is 12.5. The van der Waals surface area contributed by atoms with E-state index in [1.807, 2.05) is 13.0 Å². The van der Waals surface area contributed by atoms with Crippen molar-refractivity contribution < 1.29 is 18.0 Å². The number of carbonyl (C=O) groups excluding carboxylic acids is 2. The summed E-state index contributed by atoms with van der Waals surface area (Å²) in [4.78, 5) is 27.7. The first-order valence-corrected chi connectivity index (χ1v) is 11.0. The lowest BCUT2D eigenvalue weighted by Gasteiger charge is -2.47. The van der Waals surface area contributed by atoms with Gasteiger partial charge in [0.15, 0.2) is 0 Å². The average molecular weight is 409 g/mol. The summed E-state index contributed by atoms with van der Waals surface area (Å²) in [5.74, 6) is -0.508. The maximum atomic E-state index is 12.5. The first kappa shape index (κ1) is 20.8. The van der Waals surface area contributed by atoms with Crippen molar-refractivity contribution in [2.75, 3.05) is 32.7 Å². The zero-order chi connectivity index (χ0) is 20.5. The van der Waals surface area contributed by atoms with Crippen molar-refractivity contribution in [3.05, 3.63) is 29.3 Å². The minimum atomic E-state index is -3.73. The molecule has 0 spiro atoms. The summed E-state index contributed by atoms with van der Waals surface area (Å²) in [5.41, 5.74) is 6.86. The molecular weight excluding hydrogens is 380 g/mol. The third-order valence-electron chi connectivity index (χ3n) is 5.71. The number of hydrogen-bond donors (Lipinski definition) is 2. The molecule has 3 rings (SSSR count). The van der Waals surface area contributed by atoms with Crippen LogP contribution in [0, 0.1) is 19.8 Å². The number of nitrogens with zero attached hydrogens (tertiary/aromatic N) is 2. The Bertz CT molecular complexity index is 857. The number of hydrogen-bond acceptors (Lipinski definition) is 5. The Morgan fingerprint density at radius 1 is 1.18 bits per heavy atom. The molecule has 2 amide bonds. The number of nitrogens with two attached hydrogens (primary N) is 1. The molecule has 2 saturated heterocycles. The van der Waals surface area contributed by atoms with Crippen molar-refractivity contribution >= 4 is 21.8 Å². The van der Waals surface area contributed by atoms with E-state index in [0.717, 1.165) is 31.5 Å². The average Bonchev–Trinajstić information content (AvgIpc) is 2.61. The molecule has 9 heteroatoms. The SMILES string of the molecule is Cc1ccc(C)c(S(=O)(=O)NCC(=O)N2CC(N3CCC(C(N)=O)CC3)C2)c1. The highest BCUT2D eigenvalue weighted by Gasteiger charge is 2.37. The fourth-order valence-electron chi connectivity index (χ4n) is 3.78. The van der Waals surface area contributed by atoms with Crippen LogP contribution in [-0.2, 0) is 19.6 Å². The molecule has 2 aliphatic heterocycles. The van der Waals surface area contributed by atoms with Crippen molar-refractivity contribution in [3.8, 4) is 0 Å². The van der Waals surface area contributed by atoms with Gasteiger partial charge in [0.1, 0.15) is 0 Å². The Hall–Kier alpha value is -1.97. The predicted octanol–water partition coefficient (Wildman–Crippen LogP) is -0.0102. The molecule has 2 aliphatic rings. The summed E-state index contributed by atoms with van der Waals surface area (Å²) in [7, 11) is -3.73. The van der Waals surface area contributed by atoms with Crippen molar-refractivity contribution in [1.29, 1.82) is 0 Å². The molecule has 0 radical (unpaired) electrons. The lowest BCUT2D eigenvalue weighted by atomic mass is 9.94. The van der Waals surface area contributed by atoms with Gasteiger partial charge in [0.05, 0.1) is 11.4 Å². The molecular formula is C19H28N4O4S. The van der Waals surface area contributed by atoms with Crippen molar-refractivity contribution in [1.82, 2.24) is 14.5 Å². The molecule has 0 atom stereocenters. The molecule has 1 aromatic rings. The van der Waals surface area contributed by atoms with E-state index in [1.165, 1.54) is 0 Å². The highest BCUT2D eigenvalue weighted by atomic mass is 32.2. The number of carbonyl (C=O) groups is 2. The van der Waals surface area contributed by atoms with Crippen LogP contribution in [0.25, 0.3) is 0 Å². The van der Waals surface area contributed by atoms with E-state index in [1.54, 1.807) is 24.0 Å². The van der Waals surface area contributed by atoms with Crippen molar-refractivity contribution in [2.45, 2.75) is 37.6 Å². The predicted molar refractivity (Wildman–Crippen MR) is 105 cm³/mol. The second-order valence-corrected chi connectivity index (χ2v) is 9.49. The van der Waals surface area contributed by atoms with E-state index in [4.69, 9.17) is 5.73 Å². The van der Waals surface area contributed by atoms with Gasteiger partial charge < -0.3 is 10.6 Å². The second kappa shape index (κ2) is 8.18. The van der Waals surface area contributed by atoms with Gasteiger partial charge in [-0.1, -0.05) is 12.1 Å². The van der Waals surface area contributed by atoms with E-state index < -0.39 is 10.0 Å². The van der Waals surface area contributed by atoms with Crippen LogP contribution in [0.5, 0.6) is 0 Å². The van der Waals surface area contributed by atoms with E-state index >= 15 is 0 Å². The van der Waals surface area contributed by atoms with Gasteiger partial charge in [0, 0.05) is 25.0 Å². The number of sulfonamides is 1. The minimum absolute atomic E-state index is 0.0476. The van der Waals surface area contributed by atoms with E-state index in [9.17, 15) is 18.0 Å². The molecule has 28 heavy (non-hydrogen) atoms. The highest BCUT2D eigenvalue weighted by molar-refractivity contribution is 7.89. The van der Waals surface area contributed by atoms with Crippen LogP contribution in [0.3, 0.4) is 0 Å². The first-order chi connectivity index (χ1) is 13.2. The Balaban J connectivity index is 1.47. The first-order valence-electron chi connectivity index (χ1n) is 9.55. The third kappa shape index (κ3) is 4.53. The fourth-order valence-corrected chi connectivity index (χ4v) is 5.08. The monoisotopic (exact) mass is 408 g/mol. The van der Waals surface area contributed by atoms with Crippen LogP contribution < -0.4 is 10.5 Å². The summed E-state index contributed by atoms with van der Waals surface area (Å²) in [5, 5.41) is 0. The summed E-state index contributed by atoms with van der Waals surface area (Å²) in [6.45, 7) is 6.11. The van der Waals surface area contributed by atoms with Gasteiger partial charge in [-0.25, -0.2) is 13.1 Å². The molecule has 154 valence electrons. The number of rotatable bonds is 6. The summed E-state index contributed by atoms with van der Waals surface area (Å²) >= 11 is 0. The van der Waals surface area contributed by atoms with Crippen LogP contribution >= 0.6 is 0 Å². The lowest BCUT2D eigenvalue weighted by Crippen LogP contribution is -2.63. The fraction of sp³-hybridized carbons (Fsp3) is 0.579. The zero-order valence-electron chi connectivity index (χ0n) is 16.3. The quantitative estimate of drug-likeness (QED) is 0.687. The van der Waals surface area contributed by atoms with Crippen molar-refractivity contribution in [2.24, 2.45) is 11.7 Å². The molecule has 0 saturated carbocycles. The number of nitrogens with one attached hydrogen (secondary N) is 1. The molecule has 0 aliphatic carbocycles. The zero-order valence-corrected chi connectivity index (χ0v) is 17.2. The number of piperidine rings is 1. The lowest BCUT2D eigenvalue weighted by molar-refractivity contribution is -0.138. The van der Waals surface area contributed by atoms with Crippen LogP contribution in [0.4, 0.5) is 0 Å². The van der Waals surface area contributed by atoms with Crippen LogP contribution in [0.15, 0.2) is 23.1 Å². The number of amides is 2. The van der Waals surface area contributed by atoms with Crippen LogP contribution in [-0.4, -0.2) is 68.8 Å². The second-order valence-electron chi connectivity index (χ2n) is 7.76. The molecule has 0 unspecified atom stereocenters. The van der Waals surface area contributed by atoms with E-state index in [2.05, 4.69) is 9.62 Å². The maximum Gasteiger partial charge on any atom is 0.241 e.